The van der Waals surface area contributed by atoms with Gasteiger partial charge in [-0.1, -0.05) is 360 Å². The molecule has 79 heavy (non-hydrogen) atoms. The summed E-state index contributed by atoms with van der Waals surface area (Å²) in [5.41, 5.74) is 0. The molecule has 0 radical (unpaired) electrons. The fraction of sp³-hybridized carbons (Fsp3) is 0.904. The SMILES string of the molecule is CCCCC/C=C\C/C=C\CCCCCCCC(=O)OCC(COC(=O)CCCCCCCCCCCCCCCCCCCCCCCCCC)OC(=O)CCCCCCCCCCCCCCCCCCCCCCCC. The number of carbonyl (C=O) groups excluding carboxylic acids is 3. The zero-order valence-corrected chi connectivity index (χ0v) is 53.7. The number of ether oxygens (including phenoxy) is 3. The smallest absolute Gasteiger partial charge is 0.306 e. The Kier molecular flexibility index (Phi) is 66.6. The summed E-state index contributed by atoms with van der Waals surface area (Å²) in [5.74, 6) is -0.849. The van der Waals surface area contributed by atoms with Crippen molar-refractivity contribution in [1.82, 2.24) is 0 Å². The Morgan fingerprint density at radius 1 is 0.253 bits per heavy atom. The standard InChI is InChI=1S/C73H138O6/c1-4-7-10-13-16-19-22-25-28-30-32-34-36-37-39-40-42-45-48-51-54-57-60-63-66-72(75)78-69-70(68-77-71(74)65-62-59-56-53-50-47-44-27-24-21-18-15-12-9-6-3)79-73(76)67-64-61-58-55-52-49-46-43-41-38-35-33-31-29-26-23-20-17-14-11-8-5-2/h18,21,27,44,70H,4-17,19-20,22-26,28-43,45-69H2,1-3H3/b21-18-,44-27-. The fourth-order valence-corrected chi connectivity index (χ4v) is 11.1. The minimum Gasteiger partial charge on any atom is -0.462 e. The lowest BCUT2D eigenvalue weighted by Crippen LogP contribution is -2.30. The molecule has 6 nitrogen and oxygen atoms in total. The van der Waals surface area contributed by atoms with Gasteiger partial charge in [-0.2, -0.15) is 0 Å². The number of esters is 3. The van der Waals surface area contributed by atoms with Gasteiger partial charge < -0.3 is 14.2 Å². The Balaban J connectivity index is 4.25. The van der Waals surface area contributed by atoms with Gasteiger partial charge in [0.05, 0.1) is 0 Å². The van der Waals surface area contributed by atoms with Gasteiger partial charge in [-0.15, -0.1) is 0 Å². The highest BCUT2D eigenvalue weighted by Crippen LogP contribution is 2.19. The molecule has 0 aliphatic carbocycles. The average molecular weight is 1110 g/mol. The molecule has 0 fully saturated rings. The third-order valence-electron chi connectivity index (χ3n) is 16.5. The van der Waals surface area contributed by atoms with Crippen molar-refractivity contribution in [2.45, 2.75) is 412 Å². The van der Waals surface area contributed by atoms with Crippen molar-refractivity contribution >= 4 is 17.9 Å². The number of hydrogen-bond donors (Lipinski definition) is 0. The summed E-state index contributed by atoms with van der Waals surface area (Å²) in [6.45, 7) is 6.69. The highest BCUT2D eigenvalue weighted by atomic mass is 16.6. The normalized spacial score (nSPS) is 12.1. The Morgan fingerprint density at radius 2 is 0.456 bits per heavy atom. The predicted molar refractivity (Wildman–Crippen MR) is 344 cm³/mol. The molecule has 0 N–H and O–H groups in total. The number of allylic oxidation sites excluding steroid dienone is 4. The van der Waals surface area contributed by atoms with Crippen LogP contribution in [-0.4, -0.2) is 37.2 Å². The summed E-state index contributed by atoms with van der Waals surface area (Å²) in [4.78, 5) is 38.4. The van der Waals surface area contributed by atoms with Crippen LogP contribution in [0.2, 0.25) is 0 Å². The first-order chi connectivity index (χ1) is 39.0. The molecule has 1 atom stereocenters. The molecule has 0 aromatic carbocycles. The Hall–Kier alpha value is -2.11. The second-order valence-corrected chi connectivity index (χ2v) is 24.5. The second kappa shape index (κ2) is 68.4. The van der Waals surface area contributed by atoms with Crippen LogP contribution in [0.25, 0.3) is 0 Å². The van der Waals surface area contributed by atoms with Gasteiger partial charge in [0.25, 0.3) is 0 Å². The molecule has 6 heteroatoms. The van der Waals surface area contributed by atoms with Crippen molar-refractivity contribution < 1.29 is 28.6 Å². The summed E-state index contributed by atoms with van der Waals surface area (Å²) in [5, 5.41) is 0. The van der Waals surface area contributed by atoms with E-state index in [0.717, 1.165) is 77.0 Å². The molecular formula is C73H138O6. The van der Waals surface area contributed by atoms with Gasteiger partial charge in [0.2, 0.25) is 0 Å². The summed E-state index contributed by atoms with van der Waals surface area (Å²) in [7, 11) is 0. The molecule has 0 aliphatic rings. The van der Waals surface area contributed by atoms with Gasteiger partial charge in [-0.3, -0.25) is 14.4 Å². The van der Waals surface area contributed by atoms with Gasteiger partial charge in [0.1, 0.15) is 13.2 Å². The van der Waals surface area contributed by atoms with E-state index in [1.807, 2.05) is 0 Å². The lowest BCUT2D eigenvalue weighted by molar-refractivity contribution is -0.167. The maximum atomic E-state index is 13.0. The summed E-state index contributed by atoms with van der Waals surface area (Å²) < 4.78 is 17.0. The summed E-state index contributed by atoms with van der Waals surface area (Å²) in [6, 6.07) is 0. The number of carbonyl (C=O) groups is 3. The fourth-order valence-electron chi connectivity index (χ4n) is 11.1. The molecule has 0 saturated heterocycles. The third-order valence-corrected chi connectivity index (χ3v) is 16.5. The van der Waals surface area contributed by atoms with Gasteiger partial charge in [0.15, 0.2) is 6.10 Å². The van der Waals surface area contributed by atoms with E-state index in [2.05, 4.69) is 45.1 Å². The van der Waals surface area contributed by atoms with E-state index in [1.54, 1.807) is 0 Å². The molecule has 0 bridgehead atoms. The van der Waals surface area contributed by atoms with Crippen LogP contribution in [0.5, 0.6) is 0 Å². The van der Waals surface area contributed by atoms with E-state index in [9.17, 15) is 14.4 Å². The molecule has 0 aromatic heterocycles. The van der Waals surface area contributed by atoms with Crippen LogP contribution in [0.4, 0.5) is 0 Å². The monoisotopic (exact) mass is 1110 g/mol. The molecular weight excluding hydrogens is 973 g/mol. The molecule has 466 valence electrons. The maximum Gasteiger partial charge on any atom is 0.306 e. The van der Waals surface area contributed by atoms with Gasteiger partial charge in [-0.05, 0) is 51.4 Å². The largest absolute Gasteiger partial charge is 0.462 e. The Morgan fingerprint density at radius 3 is 0.722 bits per heavy atom. The van der Waals surface area contributed by atoms with Gasteiger partial charge >= 0.3 is 17.9 Å². The first-order valence-corrected chi connectivity index (χ1v) is 35.8. The average Bonchev–Trinajstić information content (AvgIpc) is 3.45. The van der Waals surface area contributed by atoms with Gasteiger partial charge in [-0.25, -0.2) is 0 Å². The van der Waals surface area contributed by atoms with Crippen molar-refractivity contribution in [1.29, 1.82) is 0 Å². The Bertz CT molecular complexity index is 1270. The van der Waals surface area contributed by atoms with Gasteiger partial charge in [0, 0.05) is 19.3 Å². The molecule has 0 aliphatic heterocycles. The molecule has 1 unspecified atom stereocenters. The Labute approximate surface area is 493 Å². The number of hydrogen-bond acceptors (Lipinski definition) is 6. The lowest BCUT2D eigenvalue weighted by Gasteiger charge is -2.18. The highest BCUT2D eigenvalue weighted by Gasteiger charge is 2.19. The van der Waals surface area contributed by atoms with Crippen LogP contribution in [0, 0.1) is 0 Å². The van der Waals surface area contributed by atoms with E-state index in [1.165, 1.54) is 289 Å². The van der Waals surface area contributed by atoms with Crippen LogP contribution in [0.3, 0.4) is 0 Å². The molecule has 0 heterocycles. The van der Waals surface area contributed by atoms with Crippen LogP contribution >= 0.6 is 0 Å². The van der Waals surface area contributed by atoms with Crippen LogP contribution < -0.4 is 0 Å². The number of unbranched alkanes of at least 4 members (excludes halogenated alkanes) is 52. The molecule has 0 rings (SSSR count). The maximum absolute atomic E-state index is 13.0. The van der Waals surface area contributed by atoms with Crippen molar-refractivity contribution in [2.24, 2.45) is 0 Å². The van der Waals surface area contributed by atoms with Crippen LogP contribution in [0.1, 0.15) is 406 Å². The van der Waals surface area contributed by atoms with E-state index in [-0.39, 0.29) is 31.1 Å². The minimum atomic E-state index is -0.774. The molecule has 0 aromatic rings. The molecule has 0 spiro atoms. The molecule has 0 saturated carbocycles. The third kappa shape index (κ3) is 66.6. The highest BCUT2D eigenvalue weighted by molar-refractivity contribution is 5.71. The first kappa shape index (κ1) is 76.9. The second-order valence-electron chi connectivity index (χ2n) is 24.5. The summed E-state index contributed by atoms with van der Waals surface area (Å²) in [6.07, 6.45) is 83.5. The van der Waals surface area contributed by atoms with Crippen LogP contribution in [-0.2, 0) is 28.6 Å². The minimum absolute atomic E-state index is 0.0691. The van der Waals surface area contributed by atoms with E-state index >= 15 is 0 Å². The van der Waals surface area contributed by atoms with Crippen LogP contribution in [0.15, 0.2) is 24.3 Å². The first-order valence-electron chi connectivity index (χ1n) is 35.8. The quantitative estimate of drug-likeness (QED) is 0.0261. The van der Waals surface area contributed by atoms with Crippen molar-refractivity contribution in [2.75, 3.05) is 13.2 Å². The molecule has 0 amide bonds. The van der Waals surface area contributed by atoms with Crippen molar-refractivity contribution in [3.8, 4) is 0 Å². The number of rotatable bonds is 67. The van der Waals surface area contributed by atoms with E-state index in [4.69, 9.17) is 14.2 Å². The topological polar surface area (TPSA) is 78.9 Å². The summed E-state index contributed by atoms with van der Waals surface area (Å²) >= 11 is 0. The zero-order chi connectivity index (χ0) is 57.1. The van der Waals surface area contributed by atoms with E-state index in [0.29, 0.717) is 19.3 Å². The predicted octanol–water partition coefficient (Wildman–Crippen LogP) is 24.6. The van der Waals surface area contributed by atoms with Crippen molar-refractivity contribution in [3.63, 3.8) is 0 Å². The lowest BCUT2D eigenvalue weighted by atomic mass is 10.0. The van der Waals surface area contributed by atoms with Crippen molar-refractivity contribution in [3.05, 3.63) is 24.3 Å². The van der Waals surface area contributed by atoms with E-state index < -0.39 is 6.10 Å². The zero-order valence-electron chi connectivity index (χ0n) is 53.7.